The molecule has 1 fully saturated rings. The summed E-state index contributed by atoms with van der Waals surface area (Å²) in [5.41, 5.74) is 1.73. The molecule has 0 aromatic heterocycles. The molecule has 2 N–H and O–H groups in total. The van der Waals surface area contributed by atoms with Crippen LogP contribution in [0.5, 0.6) is 0 Å². The van der Waals surface area contributed by atoms with E-state index < -0.39 is 0 Å². The van der Waals surface area contributed by atoms with Crippen molar-refractivity contribution in [2.24, 2.45) is 4.99 Å². The second kappa shape index (κ2) is 14.9. The zero-order chi connectivity index (χ0) is 21.1. The summed E-state index contributed by atoms with van der Waals surface area (Å²) in [6.07, 6.45) is 3.31. The van der Waals surface area contributed by atoms with Gasteiger partial charge in [0.15, 0.2) is 5.96 Å². The van der Waals surface area contributed by atoms with Gasteiger partial charge in [-0.15, -0.1) is 24.0 Å². The van der Waals surface area contributed by atoms with Crippen molar-refractivity contribution in [3.63, 3.8) is 0 Å². The van der Waals surface area contributed by atoms with Gasteiger partial charge in [-0.3, -0.25) is 0 Å². The molecule has 6 nitrogen and oxygen atoms in total. The van der Waals surface area contributed by atoms with Crippen molar-refractivity contribution in [3.05, 3.63) is 35.1 Å². The summed E-state index contributed by atoms with van der Waals surface area (Å²) in [6.45, 7) is 8.15. The minimum Gasteiger partial charge on any atom is -0.385 e. The molecule has 1 aromatic carbocycles. The lowest BCUT2D eigenvalue weighted by molar-refractivity contribution is 0.155. The Bertz CT molecular complexity index is 636. The number of hydrogen-bond acceptors (Lipinski definition) is 4. The van der Waals surface area contributed by atoms with Crippen LogP contribution in [0.3, 0.4) is 0 Å². The predicted octanol–water partition coefficient (Wildman–Crippen LogP) is 3.06. The van der Waals surface area contributed by atoms with Crippen LogP contribution in [0.1, 0.15) is 37.3 Å². The van der Waals surface area contributed by atoms with E-state index in [1.54, 1.807) is 13.2 Å². The summed E-state index contributed by atoms with van der Waals surface area (Å²) in [5.74, 6) is 0.678. The van der Waals surface area contributed by atoms with Crippen LogP contribution in [-0.4, -0.2) is 75.8 Å². The molecule has 1 aliphatic heterocycles. The predicted molar refractivity (Wildman–Crippen MR) is 133 cm³/mol. The quantitative estimate of drug-likeness (QED) is 0.209. The van der Waals surface area contributed by atoms with Crippen molar-refractivity contribution in [2.75, 3.05) is 54.0 Å². The highest BCUT2D eigenvalue weighted by molar-refractivity contribution is 14.0. The van der Waals surface area contributed by atoms with Crippen LogP contribution in [0.4, 0.5) is 4.39 Å². The number of likely N-dealkylation sites (tertiary alicyclic amines) is 1. The molecule has 0 radical (unpaired) electrons. The number of halogens is 2. The van der Waals surface area contributed by atoms with Gasteiger partial charge in [0.2, 0.25) is 0 Å². The normalized spacial score (nSPS) is 15.9. The zero-order valence-electron chi connectivity index (χ0n) is 18.9. The third kappa shape index (κ3) is 9.89. The van der Waals surface area contributed by atoms with Crippen molar-refractivity contribution in [1.82, 2.24) is 20.4 Å². The molecule has 0 amide bonds. The molecule has 8 heteroatoms. The number of nitrogens with one attached hydrogen (secondary N) is 2. The Hall–Kier alpha value is -0.970. The first-order valence-electron chi connectivity index (χ1n) is 10.7. The lowest BCUT2D eigenvalue weighted by atomic mass is 10.1. The highest BCUT2D eigenvalue weighted by Crippen LogP contribution is 2.14. The molecule has 1 aromatic rings. The van der Waals surface area contributed by atoms with Gasteiger partial charge in [0, 0.05) is 58.0 Å². The molecule has 0 atom stereocenters. The molecule has 0 bridgehead atoms. The molecule has 1 heterocycles. The maximum absolute atomic E-state index is 14.0. The molecule has 1 aliphatic rings. The summed E-state index contributed by atoms with van der Waals surface area (Å²) < 4.78 is 19.1. The Labute approximate surface area is 198 Å². The Morgan fingerprint density at radius 2 is 2.03 bits per heavy atom. The Kier molecular flexibility index (Phi) is 13.5. The summed E-state index contributed by atoms with van der Waals surface area (Å²) in [7, 11) is 5.65. The average molecular weight is 535 g/mol. The largest absolute Gasteiger partial charge is 0.385 e. The van der Waals surface area contributed by atoms with Gasteiger partial charge in [-0.05, 0) is 58.0 Å². The van der Waals surface area contributed by atoms with E-state index in [0.29, 0.717) is 24.7 Å². The van der Waals surface area contributed by atoms with Gasteiger partial charge in [0.1, 0.15) is 5.82 Å². The number of benzene rings is 1. The van der Waals surface area contributed by atoms with Gasteiger partial charge in [0.05, 0.1) is 6.54 Å². The highest BCUT2D eigenvalue weighted by Gasteiger charge is 2.19. The standard InChI is InChI=1S/C22H38FN5O.HI/c1-5-24-22(26-20-9-12-28(13-10-20)11-6-14-29-4)25-16-18-7-8-21(23)19(15-18)17-27(2)3;/h7-8,15,20H,5-6,9-14,16-17H2,1-4H3,(H2,24,25,26);1H. The third-order valence-corrected chi connectivity index (χ3v) is 5.11. The number of piperidine rings is 1. The maximum Gasteiger partial charge on any atom is 0.191 e. The van der Waals surface area contributed by atoms with E-state index >= 15 is 0 Å². The Morgan fingerprint density at radius 1 is 1.30 bits per heavy atom. The van der Waals surface area contributed by atoms with Gasteiger partial charge >= 0.3 is 0 Å². The van der Waals surface area contributed by atoms with Crippen molar-refractivity contribution >= 4 is 29.9 Å². The first-order valence-corrected chi connectivity index (χ1v) is 10.7. The number of hydrogen-bond donors (Lipinski definition) is 2. The van der Waals surface area contributed by atoms with Gasteiger partial charge in [0.25, 0.3) is 0 Å². The average Bonchev–Trinajstić information content (AvgIpc) is 2.69. The molecule has 0 aliphatic carbocycles. The van der Waals surface area contributed by atoms with E-state index in [0.717, 1.165) is 63.6 Å². The maximum atomic E-state index is 14.0. The van der Waals surface area contributed by atoms with Gasteiger partial charge < -0.3 is 25.2 Å². The zero-order valence-corrected chi connectivity index (χ0v) is 21.2. The summed E-state index contributed by atoms with van der Waals surface area (Å²) in [4.78, 5) is 9.21. The fourth-order valence-corrected chi connectivity index (χ4v) is 3.61. The molecule has 172 valence electrons. The van der Waals surface area contributed by atoms with Gasteiger partial charge in [-0.2, -0.15) is 0 Å². The van der Waals surface area contributed by atoms with Crippen LogP contribution in [0, 0.1) is 5.82 Å². The molecule has 2 rings (SSSR count). The Balaban J connectivity index is 0.00000450. The van der Waals surface area contributed by atoms with Crippen molar-refractivity contribution in [3.8, 4) is 0 Å². The van der Waals surface area contributed by atoms with Crippen LogP contribution in [0.2, 0.25) is 0 Å². The number of rotatable bonds is 10. The first kappa shape index (κ1) is 27.1. The minimum atomic E-state index is -0.159. The number of guanidine groups is 1. The van der Waals surface area contributed by atoms with E-state index in [1.165, 1.54) is 0 Å². The number of ether oxygens (including phenoxy) is 1. The number of nitrogens with zero attached hydrogens (tertiary/aromatic N) is 3. The molecular weight excluding hydrogens is 496 g/mol. The van der Waals surface area contributed by atoms with Crippen molar-refractivity contribution < 1.29 is 9.13 Å². The van der Waals surface area contributed by atoms with Crippen molar-refractivity contribution in [1.29, 1.82) is 0 Å². The van der Waals surface area contributed by atoms with Crippen LogP contribution < -0.4 is 10.6 Å². The fourth-order valence-electron chi connectivity index (χ4n) is 3.61. The van der Waals surface area contributed by atoms with Crippen LogP contribution in [0.25, 0.3) is 0 Å². The van der Waals surface area contributed by atoms with Gasteiger partial charge in [-0.1, -0.05) is 6.07 Å². The van der Waals surface area contributed by atoms with Crippen molar-refractivity contribution in [2.45, 2.75) is 45.3 Å². The monoisotopic (exact) mass is 535 g/mol. The molecule has 0 spiro atoms. The lowest BCUT2D eigenvalue weighted by Crippen LogP contribution is -2.48. The van der Waals surface area contributed by atoms with E-state index in [2.05, 4.69) is 22.5 Å². The van der Waals surface area contributed by atoms with E-state index in [9.17, 15) is 4.39 Å². The van der Waals surface area contributed by atoms with Crippen LogP contribution in [-0.2, 0) is 17.8 Å². The third-order valence-electron chi connectivity index (χ3n) is 5.11. The summed E-state index contributed by atoms with van der Waals surface area (Å²) >= 11 is 0. The number of aliphatic imine (C=N–C) groups is 1. The summed E-state index contributed by atoms with van der Waals surface area (Å²) in [6, 6.07) is 5.72. The molecule has 30 heavy (non-hydrogen) atoms. The van der Waals surface area contributed by atoms with Gasteiger partial charge in [-0.25, -0.2) is 9.38 Å². The first-order chi connectivity index (χ1) is 14.0. The SMILES string of the molecule is CCNC(=NCc1ccc(F)c(CN(C)C)c1)NC1CCN(CCCOC)CC1.I. The molecule has 1 saturated heterocycles. The van der Waals surface area contributed by atoms with Crippen LogP contribution in [0.15, 0.2) is 23.2 Å². The van der Waals surface area contributed by atoms with E-state index in [4.69, 9.17) is 9.73 Å². The van der Waals surface area contributed by atoms with E-state index in [-0.39, 0.29) is 29.8 Å². The highest BCUT2D eigenvalue weighted by atomic mass is 127. The molecule has 0 unspecified atom stereocenters. The number of methoxy groups -OCH3 is 1. The van der Waals surface area contributed by atoms with Crippen LogP contribution >= 0.6 is 24.0 Å². The molecular formula is C22H39FIN5O. The minimum absolute atomic E-state index is 0. The summed E-state index contributed by atoms with van der Waals surface area (Å²) in [5, 5.41) is 6.92. The van der Waals surface area contributed by atoms with E-state index in [1.807, 2.05) is 31.1 Å². The topological polar surface area (TPSA) is 52.1 Å². The lowest BCUT2D eigenvalue weighted by Gasteiger charge is -2.33. The smallest absolute Gasteiger partial charge is 0.191 e. The Morgan fingerprint density at radius 3 is 2.67 bits per heavy atom. The second-order valence-electron chi connectivity index (χ2n) is 7.97. The second-order valence-corrected chi connectivity index (χ2v) is 7.97. The fraction of sp³-hybridized carbons (Fsp3) is 0.682. The molecule has 0 saturated carbocycles.